The Morgan fingerprint density at radius 3 is 2.63 bits per heavy atom. The van der Waals surface area contributed by atoms with Gasteiger partial charge in [0.1, 0.15) is 11.9 Å². The minimum Gasteiger partial charge on any atom is -0.366 e. The van der Waals surface area contributed by atoms with Crippen LogP contribution in [0.2, 0.25) is 0 Å². The maximum atomic E-state index is 13.0. The van der Waals surface area contributed by atoms with Crippen LogP contribution in [0.1, 0.15) is 15.9 Å². The van der Waals surface area contributed by atoms with E-state index in [1.807, 2.05) is 0 Å². The molecule has 8 heteroatoms. The number of thioether (sulfide) groups is 1. The van der Waals surface area contributed by atoms with Crippen LogP contribution in [0.3, 0.4) is 0 Å². The number of rotatable bonds is 5. The maximum absolute atomic E-state index is 13.0. The van der Waals surface area contributed by atoms with E-state index >= 15 is 0 Å². The first-order valence-electron chi connectivity index (χ1n) is 8.29. The van der Waals surface area contributed by atoms with Gasteiger partial charge in [-0.15, -0.1) is 11.8 Å². The third-order valence-corrected chi connectivity index (χ3v) is 5.45. The van der Waals surface area contributed by atoms with E-state index in [-0.39, 0.29) is 28.4 Å². The molecule has 2 aromatic carbocycles. The first-order valence-corrected chi connectivity index (χ1v) is 9.34. The lowest BCUT2D eigenvalue weighted by Crippen LogP contribution is -2.52. The highest BCUT2D eigenvalue weighted by Crippen LogP contribution is 2.23. The maximum Gasteiger partial charge on any atom is 0.248 e. The normalized spacial score (nSPS) is 19.2. The van der Waals surface area contributed by atoms with Gasteiger partial charge in [0.2, 0.25) is 17.7 Å². The molecule has 2 unspecified atom stereocenters. The van der Waals surface area contributed by atoms with Crippen LogP contribution in [0, 0.1) is 5.82 Å². The molecule has 3 amide bonds. The number of benzene rings is 2. The molecule has 27 heavy (non-hydrogen) atoms. The quantitative estimate of drug-likeness (QED) is 0.727. The average Bonchev–Trinajstić information content (AvgIpc) is 2.65. The van der Waals surface area contributed by atoms with Crippen LogP contribution in [-0.4, -0.2) is 34.8 Å². The van der Waals surface area contributed by atoms with E-state index in [0.29, 0.717) is 17.9 Å². The van der Waals surface area contributed by atoms with Crippen molar-refractivity contribution < 1.29 is 18.8 Å². The van der Waals surface area contributed by atoms with Gasteiger partial charge < -0.3 is 16.4 Å². The van der Waals surface area contributed by atoms with E-state index in [9.17, 15) is 18.8 Å². The summed E-state index contributed by atoms with van der Waals surface area (Å²) in [7, 11) is 0. The second kappa shape index (κ2) is 8.22. The van der Waals surface area contributed by atoms with Crippen molar-refractivity contribution in [2.45, 2.75) is 17.7 Å². The monoisotopic (exact) mass is 387 g/mol. The Labute approximate surface area is 159 Å². The molecule has 1 saturated heterocycles. The topological polar surface area (TPSA) is 101 Å². The number of carbonyl (C=O) groups excluding carboxylic acids is 3. The van der Waals surface area contributed by atoms with E-state index < -0.39 is 11.9 Å². The number of nitrogens with two attached hydrogens (primary N) is 1. The average molecular weight is 387 g/mol. The highest BCUT2D eigenvalue weighted by Gasteiger charge is 2.32. The fraction of sp³-hybridized carbons (Fsp3) is 0.211. The molecule has 140 valence electrons. The second-order valence-corrected chi connectivity index (χ2v) is 7.38. The van der Waals surface area contributed by atoms with Gasteiger partial charge in [0.05, 0.1) is 5.25 Å². The van der Waals surface area contributed by atoms with Crippen LogP contribution in [0.5, 0.6) is 0 Å². The van der Waals surface area contributed by atoms with Crippen molar-refractivity contribution in [3.05, 3.63) is 65.5 Å². The molecule has 1 aliphatic rings. The summed E-state index contributed by atoms with van der Waals surface area (Å²) < 4.78 is 13.0. The lowest BCUT2D eigenvalue weighted by atomic mass is 10.1. The summed E-state index contributed by atoms with van der Waals surface area (Å²) >= 11 is 1.38. The smallest absolute Gasteiger partial charge is 0.248 e. The zero-order chi connectivity index (χ0) is 19.4. The Kier molecular flexibility index (Phi) is 5.75. The largest absolute Gasteiger partial charge is 0.366 e. The lowest BCUT2D eigenvalue weighted by Gasteiger charge is -2.28. The zero-order valence-electron chi connectivity index (χ0n) is 14.3. The molecule has 2 aromatic rings. The highest BCUT2D eigenvalue weighted by atomic mass is 32.2. The molecule has 0 saturated carbocycles. The van der Waals surface area contributed by atoms with E-state index in [0.717, 1.165) is 5.56 Å². The first-order chi connectivity index (χ1) is 12.9. The van der Waals surface area contributed by atoms with E-state index in [1.54, 1.807) is 30.3 Å². The van der Waals surface area contributed by atoms with Crippen molar-refractivity contribution in [2.75, 3.05) is 11.1 Å². The Balaban J connectivity index is 1.57. The third kappa shape index (κ3) is 4.85. The Morgan fingerprint density at radius 1 is 1.22 bits per heavy atom. The van der Waals surface area contributed by atoms with Crippen LogP contribution < -0.4 is 16.4 Å². The van der Waals surface area contributed by atoms with E-state index in [1.165, 1.54) is 30.0 Å². The van der Waals surface area contributed by atoms with Crippen molar-refractivity contribution in [3.63, 3.8) is 0 Å². The minimum atomic E-state index is -0.677. The van der Waals surface area contributed by atoms with Gasteiger partial charge in [-0.2, -0.15) is 0 Å². The first kappa shape index (κ1) is 18.9. The molecule has 1 heterocycles. The van der Waals surface area contributed by atoms with E-state index in [4.69, 9.17) is 5.73 Å². The summed E-state index contributed by atoms with van der Waals surface area (Å²) in [5.74, 6) is -1.09. The lowest BCUT2D eigenvalue weighted by molar-refractivity contribution is -0.126. The van der Waals surface area contributed by atoms with E-state index in [2.05, 4.69) is 10.6 Å². The SMILES string of the molecule is NC(=O)c1cccc(NC(=O)C2CSC(Cc3ccc(F)cc3)C(=O)N2)c1. The summed E-state index contributed by atoms with van der Waals surface area (Å²) in [5, 5.41) is 5.06. The number of nitrogens with one attached hydrogen (secondary N) is 2. The van der Waals surface area contributed by atoms with Crippen LogP contribution in [0.4, 0.5) is 10.1 Å². The van der Waals surface area contributed by atoms with Crippen LogP contribution >= 0.6 is 11.8 Å². The standard InChI is InChI=1S/C19H18FN3O3S/c20-13-6-4-11(5-7-13)8-16-19(26)23-15(10-27-16)18(25)22-14-3-1-2-12(9-14)17(21)24/h1-7,9,15-16H,8,10H2,(H2,21,24)(H,22,25)(H,23,26). The molecule has 6 nitrogen and oxygen atoms in total. The Hall–Kier alpha value is -2.87. The van der Waals surface area contributed by atoms with Gasteiger partial charge in [-0.3, -0.25) is 14.4 Å². The Bertz CT molecular complexity index is 873. The third-order valence-electron chi connectivity index (χ3n) is 4.14. The fourth-order valence-corrected chi connectivity index (χ4v) is 3.89. The number of anilines is 1. The van der Waals surface area contributed by atoms with Crippen molar-refractivity contribution >= 4 is 35.2 Å². The number of hydrogen-bond acceptors (Lipinski definition) is 4. The molecule has 1 fully saturated rings. The number of halogens is 1. The van der Waals surface area contributed by atoms with Crippen LogP contribution in [0.25, 0.3) is 0 Å². The van der Waals surface area contributed by atoms with Gasteiger partial charge in [-0.1, -0.05) is 18.2 Å². The number of amides is 3. The predicted octanol–water partition coefficient (Wildman–Crippen LogP) is 1.71. The molecule has 0 radical (unpaired) electrons. The van der Waals surface area contributed by atoms with Gasteiger partial charge in [0.25, 0.3) is 0 Å². The van der Waals surface area contributed by atoms with Crippen molar-refractivity contribution in [1.29, 1.82) is 0 Å². The summed E-state index contributed by atoms with van der Waals surface area (Å²) in [5.41, 5.74) is 6.81. The summed E-state index contributed by atoms with van der Waals surface area (Å²) in [6, 6.07) is 11.6. The zero-order valence-corrected chi connectivity index (χ0v) is 15.1. The molecular formula is C19H18FN3O3S. The van der Waals surface area contributed by atoms with Gasteiger partial charge in [0.15, 0.2) is 0 Å². The Morgan fingerprint density at radius 2 is 1.96 bits per heavy atom. The molecule has 0 aromatic heterocycles. The predicted molar refractivity (Wildman–Crippen MR) is 102 cm³/mol. The second-order valence-electron chi connectivity index (χ2n) is 6.15. The van der Waals surface area contributed by atoms with Crippen molar-refractivity contribution in [3.8, 4) is 0 Å². The van der Waals surface area contributed by atoms with Crippen LogP contribution in [0.15, 0.2) is 48.5 Å². The minimum absolute atomic E-state index is 0.235. The van der Waals surface area contributed by atoms with Crippen molar-refractivity contribution in [2.24, 2.45) is 5.73 Å². The van der Waals surface area contributed by atoms with Crippen molar-refractivity contribution in [1.82, 2.24) is 5.32 Å². The molecule has 0 bridgehead atoms. The van der Waals surface area contributed by atoms with Gasteiger partial charge in [-0.05, 0) is 42.3 Å². The fourth-order valence-electron chi connectivity index (χ4n) is 2.70. The molecule has 0 aliphatic carbocycles. The number of hydrogen-bond donors (Lipinski definition) is 3. The van der Waals surface area contributed by atoms with Gasteiger partial charge >= 0.3 is 0 Å². The molecule has 2 atom stereocenters. The number of carbonyl (C=O) groups is 3. The molecular weight excluding hydrogens is 369 g/mol. The highest BCUT2D eigenvalue weighted by molar-refractivity contribution is 8.00. The summed E-state index contributed by atoms with van der Waals surface area (Å²) in [4.78, 5) is 35.9. The van der Waals surface area contributed by atoms with Gasteiger partial charge in [-0.25, -0.2) is 4.39 Å². The molecule has 0 spiro atoms. The molecule has 4 N–H and O–H groups in total. The number of primary amides is 1. The summed E-state index contributed by atoms with van der Waals surface area (Å²) in [6.45, 7) is 0. The molecule has 3 rings (SSSR count). The molecule has 1 aliphatic heterocycles. The van der Waals surface area contributed by atoms with Gasteiger partial charge in [0, 0.05) is 17.0 Å². The van der Waals surface area contributed by atoms with Crippen LogP contribution in [-0.2, 0) is 16.0 Å². The summed E-state index contributed by atoms with van der Waals surface area (Å²) in [6.07, 6.45) is 0.464.